The van der Waals surface area contributed by atoms with E-state index in [0.29, 0.717) is 0 Å². The van der Waals surface area contributed by atoms with Crippen molar-refractivity contribution in [3.05, 3.63) is 43.4 Å². The molecule has 0 aliphatic carbocycles. The van der Waals surface area contributed by atoms with Gasteiger partial charge in [-0.3, -0.25) is 0 Å². The first-order valence-electron chi connectivity index (χ1n) is 4.79. The Bertz CT molecular complexity index is 474. The maximum Gasteiger partial charge on any atom is 0.105 e. The van der Waals surface area contributed by atoms with Crippen LogP contribution in [0.2, 0.25) is 5.02 Å². The van der Waals surface area contributed by atoms with Gasteiger partial charge in [0.2, 0.25) is 0 Å². The summed E-state index contributed by atoms with van der Waals surface area (Å²) in [5.41, 5.74) is 1.15. The van der Waals surface area contributed by atoms with E-state index >= 15 is 0 Å². The highest BCUT2D eigenvalue weighted by Gasteiger charge is 2.19. The summed E-state index contributed by atoms with van der Waals surface area (Å²) >= 11 is 11.1. The molecule has 0 fully saturated rings. The van der Waals surface area contributed by atoms with E-state index in [1.54, 1.807) is 17.6 Å². The molecule has 16 heavy (non-hydrogen) atoms. The van der Waals surface area contributed by atoms with E-state index in [-0.39, 0.29) is 6.04 Å². The first kappa shape index (κ1) is 12.2. The van der Waals surface area contributed by atoms with Gasteiger partial charge >= 0.3 is 0 Å². The fourth-order valence-corrected chi connectivity index (χ4v) is 3.53. The van der Waals surface area contributed by atoms with Crippen LogP contribution in [-0.2, 0) is 0 Å². The van der Waals surface area contributed by atoms with Crippen LogP contribution in [0.25, 0.3) is 0 Å². The second kappa shape index (κ2) is 4.92. The van der Waals surface area contributed by atoms with Gasteiger partial charge in [-0.25, -0.2) is 0 Å². The van der Waals surface area contributed by atoms with Gasteiger partial charge in [-0.2, -0.15) is 0 Å². The van der Waals surface area contributed by atoms with Crippen molar-refractivity contribution in [1.82, 2.24) is 5.32 Å². The summed E-state index contributed by atoms with van der Waals surface area (Å²) in [5.74, 6) is 0.931. The number of aryl methyl sites for hydroxylation is 1. The Balaban J connectivity index is 2.40. The fourth-order valence-electron chi connectivity index (χ4n) is 1.65. The Morgan fingerprint density at radius 1 is 1.56 bits per heavy atom. The molecule has 0 amide bonds. The topological polar surface area (TPSA) is 25.2 Å². The van der Waals surface area contributed by atoms with Gasteiger partial charge in [0, 0.05) is 10.4 Å². The molecule has 1 unspecified atom stereocenters. The second-order valence-electron chi connectivity index (χ2n) is 3.42. The molecule has 2 heterocycles. The number of halogens is 2. The smallest absolute Gasteiger partial charge is 0.105 e. The Kier molecular flexibility index (Phi) is 3.74. The number of nitrogens with one attached hydrogen (secondary N) is 1. The van der Waals surface area contributed by atoms with Crippen molar-refractivity contribution in [1.29, 1.82) is 0 Å². The molecule has 0 saturated heterocycles. The van der Waals surface area contributed by atoms with Crippen LogP contribution in [-0.4, -0.2) is 7.05 Å². The quantitative estimate of drug-likeness (QED) is 0.908. The summed E-state index contributed by atoms with van der Waals surface area (Å²) < 4.78 is 6.29. The van der Waals surface area contributed by atoms with E-state index < -0.39 is 0 Å². The molecule has 0 bridgehead atoms. The molecule has 0 aromatic carbocycles. The SMILES string of the molecule is CNC(c1cc(Cl)c(Br)s1)c1ccoc1C. The number of thiophene rings is 1. The Labute approximate surface area is 112 Å². The van der Waals surface area contributed by atoms with E-state index in [2.05, 4.69) is 21.2 Å². The van der Waals surface area contributed by atoms with E-state index in [0.717, 1.165) is 20.1 Å². The molecule has 2 nitrogen and oxygen atoms in total. The minimum atomic E-state index is 0.132. The lowest BCUT2D eigenvalue weighted by atomic mass is 10.1. The highest BCUT2D eigenvalue weighted by atomic mass is 79.9. The Morgan fingerprint density at radius 2 is 2.31 bits per heavy atom. The Hall–Kier alpha value is -0.290. The lowest BCUT2D eigenvalue weighted by Gasteiger charge is -2.13. The predicted molar refractivity (Wildman–Crippen MR) is 71.4 cm³/mol. The van der Waals surface area contributed by atoms with Crippen LogP contribution in [0.5, 0.6) is 0 Å². The summed E-state index contributed by atoms with van der Waals surface area (Å²) in [6, 6.07) is 4.09. The maximum absolute atomic E-state index is 6.04. The molecule has 1 atom stereocenters. The van der Waals surface area contributed by atoms with Crippen molar-refractivity contribution in [2.75, 3.05) is 7.05 Å². The summed E-state index contributed by atoms with van der Waals surface area (Å²) in [4.78, 5) is 1.17. The zero-order valence-corrected chi connectivity index (χ0v) is 12.0. The van der Waals surface area contributed by atoms with Crippen LogP contribution < -0.4 is 5.32 Å². The van der Waals surface area contributed by atoms with Crippen molar-refractivity contribution in [2.24, 2.45) is 0 Å². The van der Waals surface area contributed by atoms with Crippen molar-refractivity contribution < 1.29 is 4.42 Å². The van der Waals surface area contributed by atoms with E-state index in [4.69, 9.17) is 16.0 Å². The van der Waals surface area contributed by atoms with Crippen molar-refractivity contribution >= 4 is 38.9 Å². The van der Waals surface area contributed by atoms with Crippen LogP contribution in [0.15, 0.2) is 26.6 Å². The van der Waals surface area contributed by atoms with Crippen molar-refractivity contribution in [2.45, 2.75) is 13.0 Å². The molecular formula is C11H11BrClNOS. The van der Waals surface area contributed by atoms with Crippen LogP contribution in [0.4, 0.5) is 0 Å². The lowest BCUT2D eigenvalue weighted by Crippen LogP contribution is -2.16. The van der Waals surface area contributed by atoms with Gasteiger partial charge < -0.3 is 9.73 Å². The molecule has 2 rings (SSSR count). The molecule has 0 spiro atoms. The lowest BCUT2D eigenvalue weighted by molar-refractivity contribution is 0.524. The van der Waals surface area contributed by atoms with E-state index in [1.807, 2.05) is 26.1 Å². The minimum absolute atomic E-state index is 0.132. The number of furan rings is 1. The van der Waals surface area contributed by atoms with Crippen molar-refractivity contribution in [3.63, 3.8) is 0 Å². The molecule has 2 aromatic rings. The van der Waals surface area contributed by atoms with Gasteiger partial charge in [0.1, 0.15) is 5.76 Å². The third kappa shape index (κ3) is 2.20. The average molecular weight is 321 g/mol. The molecule has 5 heteroatoms. The molecule has 0 radical (unpaired) electrons. The molecule has 0 saturated carbocycles. The zero-order valence-electron chi connectivity index (χ0n) is 8.88. The predicted octanol–water partition coefficient (Wildman–Crippen LogP) is 4.37. The molecule has 0 aliphatic rings. The highest BCUT2D eigenvalue weighted by molar-refractivity contribution is 9.11. The number of hydrogen-bond acceptors (Lipinski definition) is 3. The molecule has 0 aliphatic heterocycles. The van der Waals surface area contributed by atoms with Crippen LogP contribution in [0.3, 0.4) is 0 Å². The molecule has 1 N–H and O–H groups in total. The summed E-state index contributed by atoms with van der Waals surface area (Å²) in [6.45, 7) is 1.96. The van der Waals surface area contributed by atoms with Crippen LogP contribution in [0, 0.1) is 6.92 Å². The number of hydrogen-bond donors (Lipinski definition) is 1. The third-order valence-corrected chi connectivity index (χ3v) is 4.99. The first-order chi connectivity index (χ1) is 7.63. The zero-order chi connectivity index (χ0) is 11.7. The normalized spacial score (nSPS) is 13.0. The average Bonchev–Trinajstić information content (AvgIpc) is 2.78. The van der Waals surface area contributed by atoms with Gasteiger partial charge in [-0.05, 0) is 42.0 Å². The van der Waals surface area contributed by atoms with Crippen molar-refractivity contribution in [3.8, 4) is 0 Å². The largest absolute Gasteiger partial charge is 0.469 e. The molecular weight excluding hydrogens is 310 g/mol. The molecule has 86 valence electrons. The van der Waals surface area contributed by atoms with Gasteiger partial charge in [0.05, 0.1) is 21.1 Å². The standard InChI is InChI=1S/C11H11BrClNOS/c1-6-7(3-4-15-6)10(14-2)9-5-8(13)11(12)16-9/h3-5,10,14H,1-2H3. The fraction of sp³-hybridized carbons (Fsp3) is 0.273. The summed E-state index contributed by atoms with van der Waals surface area (Å²) in [6.07, 6.45) is 1.71. The highest BCUT2D eigenvalue weighted by Crippen LogP contribution is 2.38. The van der Waals surface area contributed by atoms with Crippen LogP contribution >= 0.6 is 38.9 Å². The molecule has 2 aromatic heterocycles. The maximum atomic E-state index is 6.04. The monoisotopic (exact) mass is 319 g/mol. The first-order valence-corrected chi connectivity index (χ1v) is 6.78. The van der Waals surface area contributed by atoms with Crippen LogP contribution in [0.1, 0.15) is 22.2 Å². The van der Waals surface area contributed by atoms with Gasteiger partial charge in [0.25, 0.3) is 0 Å². The van der Waals surface area contributed by atoms with Gasteiger partial charge in [-0.15, -0.1) is 11.3 Å². The summed E-state index contributed by atoms with van der Waals surface area (Å²) in [5, 5.41) is 4.02. The van der Waals surface area contributed by atoms with E-state index in [1.165, 1.54) is 4.88 Å². The van der Waals surface area contributed by atoms with E-state index in [9.17, 15) is 0 Å². The minimum Gasteiger partial charge on any atom is -0.469 e. The van der Waals surface area contributed by atoms with Gasteiger partial charge in [-0.1, -0.05) is 11.6 Å². The summed E-state index contributed by atoms with van der Waals surface area (Å²) in [7, 11) is 1.93. The third-order valence-electron chi connectivity index (χ3n) is 2.45. The second-order valence-corrected chi connectivity index (χ2v) is 6.23. The number of rotatable bonds is 3. The Morgan fingerprint density at radius 3 is 2.75 bits per heavy atom. The van der Waals surface area contributed by atoms with Gasteiger partial charge in [0.15, 0.2) is 0 Å².